The van der Waals surface area contributed by atoms with Gasteiger partial charge < -0.3 is 39.0 Å². The predicted molar refractivity (Wildman–Crippen MR) is 234 cm³/mol. The lowest BCUT2D eigenvalue weighted by molar-refractivity contribution is -0.274. The molecule has 0 spiro atoms. The summed E-state index contributed by atoms with van der Waals surface area (Å²) in [6.45, 7) is -0.633. The van der Waals surface area contributed by atoms with Crippen LogP contribution in [0.2, 0.25) is 0 Å². The van der Waals surface area contributed by atoms with Crippen molar-refractivity contribution < 1.29 is 109 Å². The zero-order valence-electron chi connectivity index (χ0n) is 35.5. The SMILES string of the molecule is O=P(O)(O)O.O=P(O)(O)OC(CCNS(=O)(=O)Cc1ccccc1)CS(=O)(=O)CC1CCCC1.O=P(O)(O)OC(CCNS(=O)(=O)c1ccc(OC(F)(F)F)cc1)CS(=O)(=O)CC1CCCC1. The van der Waals surface area contributed by atoms with Crippen molar-refractivity contribution in [3.8, 4) is 5.75 Å². The molecule has 9 N–H and O–H groups in total. The van der Waals surface area contributed by atoms with E-state index >= 15 is 0 Å². The van der Waals surface area contributed by atoms with E-state index in [4.69, 9.17) is 38.8 Å². The summed E-state index contributed by atoms with van der Waals surface area (Å²) in [6, 6.07) is 11.9. The summed E-state index contributed by atoms with van der Waals surface area (Å²) in [6.07, 6.45) is -1.35. The standard InChI is InChI=1S/C17H25F3NO9PS2.C17H28NO8PS2.H3O4P/c18-17(19,20)29-14-5-7-16(8-6-14)33(27,28)21-10-9-15(30-31(22,23)24)12-32(25,26)11-13-3-1-2-4-13;19-27(20,21)26-17(14-28(22,23)12-15-8-4-5-9-15)10-11-18-29(24,25)13-16-6-2-1-3-7-16;1-5(2,3)4/h5-8,13,15,21H,1-4,9-12H2,(H2,22,23,24);1-3,6-7,15,17-18H,4-5,8-14H2,(H2,19,20,21);(H3,1,2,3,4). The molecule has 2 saturated carbocycles. The molecule has 388 valence electrons. The van der Waals surface area contributed by atoms with Gasteiger partial charge in [0.15, 0.2) is 19.7 Å². The van der Waals surface area contributed by atoms with Gasteiger partial charge in [-0.3, -0.25) is 9.05 Å². The number of hydrogen-bond acceptors (Lipinski definition) is 14. The Bertz CT molecular complexity index is 2420. The number of rotatable bonds is 24. The third-order valence-electron chi connectivity index (χ3n) is 9.49. The van der Waals surface area contributed by atoms with Crippen LogP contribution in [-0.4, -0.2) is 123 Å². The normalized spacial score (nSPS) is 16.9. The third kappa shape index (κ3) is 30.4. The van der Waals surface area contributed by atoms with Crippen LogP contribution in [0.4, 0.5) is 13.2 Å². The highest BCUT2D eigenvalue weighted by molar-refractivity contribution is 7.91. The molecule has 67 heavy (non-hydrogen) atoms. The van der Waals surface area contributed by atoms with Gasteiger partial charge in [-0.1, -0.05) is 56.0 Å². The lowest BCUT2D eigenvalue weighted by Crippen LogP contribution is -2.33. The van der Waals surface area contributed by atoms with Crippen molar-refractivity contribution in [2.45, 2.75) is 93.4 Å². The number of sulfone groups is 2. The van der Waals surface area contributed by atoms with Crippen molar-refractivity contribution in [1.82, 2.24) is 9.44 Å². The summed E-state index contributed by atoms with van der Waals surface area (Å²) >= 11 is 0. The Kier molecular flexibility index (Phi) is 24.2. The maximum absolute atomic E-state index is 12.4. The second kappa shape index (κ2) is 26.5. The first-order valence-electron chi connectivity index (χ1n) is 20.0. The van der Waals surface area contributed by atoms with Crippen molar-refractivity contribution in [2.24, 2.45) is 11.8 Å². The smallest absolute Gasteiger partial charge is 0.406 e. The van der Waals surface area contributed by atoms with Crippen LogP contribution in [0.5, 0.6) is 5.75 Å². The van der Waals surface area contributed by atoms with Gasteiger partial charge in [0.25, 0.3) is 0 Å². The summed E-state index contributed by atoms with van der Waals surface area (Å²) < 4.78 is 184. The highest BCUT2D eigenvalue weighted by atomic mass is 32.2. The topological polar surface area (TPSA) is 381 Å². The molecular formula is C34H56F3N2O21P3S4. The first-order chi connectivity index (χ1) is 30.5. The maximum Gasteiger partial charge on any atom is 0.573 e. The average Bonchev–Trinajstić information content (AvgIpc) is 3.83. The molecule has 23 nitrogen and oxygen atoms in total. The van der Waals surface area contributed by atoms with Crippen LogP contribution in [0.15, 0.2) is 59.5 Å². The number of phosphoric ester groups is 2. The summed E-state index contributed by atoms with van der Waals surface area (Å²) in [5, 5.41) is 0. The van der Waals surface area contributed by atoms with Crippen LogP contribution in [0.1, 0.15) is 69.8 Å². The fourth-order valence-electron chi connectivity index (χ4n) is 6.97. The molecule has 0 radical (unpaired) electrons. The van der Waals surface area contributed by atoms with E-state index in [1.807, 2.05) is 0 Å². The van der Waals surface area contributed by atoms with Gasteiger partial charge in [0, 0.05) is 13.1 Å². The summed E-state index contributed by atoms with van der Waals surface area (Å²) in [5.74, 6) is -2.30. The van der Waals surface area contributed by atoms with Gasteiger partial charge in [0.05, 0.1) is 45.9 Å². The Hall–Kier alpha value is -1.92. The Balaban J connectivity index is 0.000000420. The highest BCUT2D eigenvalue weighted by Crippen LogP contribution is 2.40. The van der Waals surface area contributed by atoms with Crippen LogP contribution in [-0.2, 0) is 68.2 Å². The summed E-state index contributed by atoms with van der Waals surface area (Å²) in [7, 11) is -29.8. The van der Waals surface area contributed by atoms with E-state index < -0.39 is 110 Å². The number of benzene rings is 2. The van der Waals surface area contributed by atoms with Crippen molar-refractivity contribution in [3.63, 3.8) is 0 Å². The van der Waals surface area contributed by atoms with Crippen LogP contribution in [0.3, 0.4) is 0 Å². The maximum atomic E-state index is 12.4. The molecule has 0 aromatic heterocycles. The largest absolute Gasteiger partial charge is 0.573 e. The lowest BCUT2D eigenvalue weighted by atomic mass is 10.1. The number of phosphoric acid groups is 3. The van der Waals surface area contributed by atoms with E-state index in [0.717, 1.165) is 75.6 Å². The van der Waals surface area contributed by atoms with Crippen LogP contribution in [0.25, 0.3) is 0 Å². The molecule has 2 fully saturated rings. The van der Waals surface area contributed by atoms with Gasteiger partial charge in [-0.05, 0) is 80.2 Å². The Morgan fingerprint density at radius 3 is 1.37 bits per heavy atom. The minimum atomic E-state index is -5.05. The molecule has 2 unspecified atom stereocenters. The van der Waals surface area contributed by atoms with Gasteiger partial charge in [-0.25, -0.2) is 56.8 Å². The highest BCUT2D eigenvalue weighted by Gasteiger charge is 2.33. The molecule has 2 atom stereocenters. The Labute approximate surface area is 386 Å². The number of halogens is 3. The first kappa shape index (κ1) is 61.2. The summed E-state index contributed by atoms with van der Waals surface area (Å²) in [4.78, 5) is 57.5. The molecule has 0 saturated heterocycles. The zero-order valence-corrected chi connectivity index (χ0v) is 41.4. The first-order valence-corrected chi connectivity index (χ1v) is 31.4. The molecule has 0 heterocycles. The van der Waals surface area contributed by atoms with Gasteiger partial charge in [0.1, 0.15) is 5.75 Å². The van der Waals surface area contributed by atoms with Crippen LogP contribution < -0.4 is 14.2 Å². The molecule has 4 rings (SSSR count). The van der Waals surface area contributed by atoms with E-state index in [0.29, 0.717) is 5.56 Å². The van der Waals surface area contributed by atoms with Gasteiger partial charge in [-0.2, -0.15) is 0 Å². The molecule has 2 aromatic carbocycles. The Morgan fingerprint density at radius 1 is 0.612 bits per heavy atom. The number of alkyl halides is 3. The molecule has 2 aromatic rings. The van der Waals surface area contributed by atoms with Crippen LogP contribution in [0, 0.1) is 11.8 Å². The van der Waals surface area contributed by atoms with E-state index in [1.165, 1.54) is 0 Å². The van der Waals surface area contributed by atoms with Crippen molar-refractivity contribution in [1.29, 1.82) is 0 Å². The molecule has 2 aliphatic carbocycles. The minimum Gasteiger partial charge on any atom is -0.406 e. The van der Waals surface area contributed by atoms with Gasteiger partial charge >= 0.3 is 29.8 Å². The summed E-state index contributed by atoms with van der Waals surface area (Å²) in [5.41, 5.74) is 0.585. The number of ether oxygens (including phenoxy) is 1. The number of sulfonamides is 2. The molecule has 0 aliphatic heterocycles. The quantitative estimate of drug-likeness (QED) is 0.0682. The second-order valence-corrected chi connectivity index (χ2v) is 26.8. The molecule has 2 aliphatic rings. The van der Waals surface area contributed by atoms with Crippen molar-refractivity contribution >= 4 is 63.2 Å². The fraction of sp³-hybridized carbons (Fsp3) is 0.647. The van der Waals surface area contributed by atoms with Gasteiger partial charge in [0.2, 0.25) is 20.0 Å². The molecular weight excluding hydrogens is 1050 g/mol. The molecule has 0 amide bonds. The average molecular weight is 1110 g/mol. The second-order valence-electron chi connectivity index (χ2n) is 15.5. The van der Waals surface area contributed by atoms with E-state index in [-0.39, 0.29) is 48.5 Å². The fourth-order valence-corrected chi connectivity index (χ4v) is 14.5. The number of hydrogen-bond donors (Lipinski definition) is 9. The van der Waals surface area contributed by atoms with Gasteiger partial charge in [-0.15, -0.1) is 13.2 Å². The van der Waals surface area contributed by atoms with E-state index in [9.17, 15) is 56.0 Å². The third-order valence-corrected chi connectivity index (χ3v) is 17.2. The van der Waals surface area contributed by atoms with E-state index in [1.54, 1.807) is 30.3 Å². The Morgan fingerprint density at radius 2 is 1.00 bits per heavy atom. The zero-order chi connectivity index (χ0) is 51.0. The predicted octanol–water partition coefficient (Wildman–Crippen LogP) is 2.99. The van der Waals surface area contributed by atoms with Crippen molar-refractivity contribution in [3.05, 3.63) is 60.2 Å². The van der Waals surface area contributed by atoms with E-state index in [2.05, 4.69) is 23.2 Å². The van der Waals surface area contributed by atoms with Crippen molar-refractivity contribution in [2.75, 3.05) is 36.1 Å². The molecule has 33 heteroatoms. The minimum absolute atomic E-state index is 0.0338. The van der Waals surface area contributed by atoms with Crippen LogP contribution >= 0.6 is 23.5 Å². The number of nitrogens with one attached hydrogen (secondary N) is 2. The lowest BCUT2D eigenvalue weighted by Gasteiger charge is -2.19. The molecule has 0 bridgehead atoms. The monoisotopic (exact) mass is 1110 g/mol.